The van der Waals surface area contributed by atoms with Crippen LogP contribution in [0.5, 0.6) is 0 Å². The summed E-state index contributed by atoms with van der Waals surface area (Å²) in [5.74, 6) is 0. The molecule has 8 nitrogen and oxygen atoms in total. The topological polar surface area (TPSA) is 86.1 Å². The first kappa shape index (κ1) is 7.80. The minimum atomic E-state index is 0.136. The van der Waals surface area contributed by atoms with Crippen molar-refractivity contribution in [1.29, 1.82) is 0 Å². The summed E-state index contributed by atoms with van der Waals surface area (Å²) in [4.78, 5) is 0. The normalized spacial score (nSPS) is 11.2. The summed E-state index contributed by atoms with van der Waals surface area (Å²) in [7, 11) is 0. The van der Waals surface area contributed by atoms with Crippen molar-refractivity contribution in [2.75, 3.05) is 0 Å². The van der Waals surface area contributed by atoms with E-state index in [1.165, 1.54) is 28.3 Å². The van der Waals surface area contributed by atoms with Crippen LogP contribution in [0, 0.1) is 0 Å². The summed E-state index contributed by atoms with van der Waals surface area (Å²) >= 11 is 5.58. The van der Waals surface area contributed by atoms with Gasteiger partial charge in [-0.05, 0) is 22.0 Å². The van der Waals surface area contributed by atoms with Crippen LogP contribution in [0.25, 0.3) is 0 Å². The molecular formula is C4H3ClN8. The molecule has 0 aromatic carbocycles. The second-order valence-corrected chi connectivity index (χ2v) is 2.30. The van der Waals surface area contributed by atoms with Crippen molar-refractivity contribution in [1.82, 2.24) is 29.7 Å². The second kappa shape index (κ2) is 3.27. The Morgan fingerprint density at radius 3 is 2.46 bits per heavy atom. The van der Waals surface area contributed by atoms with Crippen molar-refractivity contribution in [3.8, 4) is 0 Å². The Hall–Kier alpha value is -1.83. The van der Waals surface area contributed by atoms with Gasteiger partial charge in [0.25, 0.3) is 0 Å². The van der Waals surface area contributed by atoms with E-state index in [-0.39, 0.29) is 5.28 Å². The fourth-order valence-corrected chi connectivity index (χ4v) is 0.728. The number of halogens is 1. The lowest BCUT2D eigenvalue weighted by atomic mass is 11.2. The van der Waals surface area contributed by atoms with E-state index >= 15 is 0 Å². The lowest BCUT2D eigenvalue weighted by Gasteiger charge is -1.88. The molecule has 0 saturated heterocycles. The highest BCUT2D eigenvalue weighted by Gasteiger charge is 1.96. The molecule has 2 aromatic rings. The Morgan fingerprint density at radius 2 is 1.85 bits per heavy atom. The Balaban J connectivity index is 2.19. The Morgan fingerprint density at radius 1 is 1.08 bits per heavy atom. The summed E-state index contributed by atoms with van der Waals surface area (Å²) in [6.07, 6.45) is 4.11. The van der Waals surface area contributed by atoms with E-state index in [9.17, 15) is 0 Å². The second-order valence-electron chi connectivity index (χ2n) is 1.97. The highest BCUT2D eigenvalue weighted by molar-refractivity contribution is 6.28. The number of aromatic nitrogens is 6. The summed E-state index contributed by atoms with van der Waals surface area (Å²) in [6.45, 7) is 0. The van der Waals surface area contributed by atoms with Crippen LogP contribution in [-0.2, 0) is 0 Å². The van der Waals surface area contributed by atoms with Gasteiger partial charge in [-0.3, -0.25) is 0 Å². The molecule has 0 aliphatic rings. The zero-order valence-electron chi connectivity index (χ0n) is 6.19. The molecular weight excluding hydrogens is 196 g/mol. The third-order valence-corrected chi connectivity index (χ3v) is 1.39. The average Bonchev–Trinajstić information content (AvgIpc) is 2.72. The Labute approximate surface area is 76.8 Å². The third-order valence-electron chi connectivity index (χ3n) is 1.14. The Bertz CT molecular complexity index is 401. The smallest absolute Gasteiger partial charge is 0.188 e. The van der Waals surface area contributed by atoms with Crippen LogP contribution in [0.4, 0.5) is 0 Å². The molecule has 0 atom stereocenters. The van der Waals surface area contributed by atoms with E-state index in [1.807, 2.05) is 0 Å². The van der Waals surface area contributed by atoms with Crippen LogP contribution >= 0.6 is 11.6 Å². The predicted molar refractivity (Wildman–Crippen MR) is 40.7 cm³/mol. The minimum absolute atomic E-state index is 0.136. The molecule has 0 N–H and O–H groups in total. The monoisotopic (exact) mass is 198 g/mol. The molecule has 0 saturated carbocycles. The van der Waals surface area contributed by atoms with Crippen molar-refractivity contribution in [3.05, 3.63) is 24.3 Å². The van der Waals surface area contributed by atoms with Gasteiger partial charge in [0.15, 0.2) is 0 Å². The number of rotatable bonds is 2. The first-order valence-corrected chi connectivity index (χ1v) is 3.56. The molecule has 2 heterocycles. The zero-order chi connectivity index (χ0) is 9.10. The van der Waals surface area contributed by atoms with Gasteiger partial charge in [-0.2, -0.15) is 9.35 Å². The van der Waals surface area contributed by atoms with E-state index in [2.05, 4.69) is 30.8 Å². The molecule has 0 spiro atoms. The molecule has 0 bridgehead atoms. The van der Waals surface area contributed by atoms with Crippen LogP contribution in [0.1, 0.15) is 0 Å². The zero-order valence-corrected chi connectivity index (χ0v) is 6.94. The van der Waals surface area contributed by atoms with Crippen LogP contribution in [-0.4, -0.2) is 29.7 Å². The number of nitrogens with zero attached hydrogens (tertiary/aromatic N) is 8. The average molecular weight is 199 g/mol. The first-order valence-electron chi connectivity index (χ1n) is 3.19. The molecule has 0 aliphatic carbocycles. The van der Waals surface area contributed by atoms with E-state index in [0.29, 0.717) is 0 Å². The maximum atomic E-state index is 5.58. The standard InChI is InChI=1S/C4H3ClN8/c5-4-9-8-3-13(4)11-10-12-1-6-7-2-12/h1-3H/b11-10+. The molecule has 0 unspecified atom stereocenters. The van der Waals surface area contributed by atoms with Gasteiger partial charge in [0.1, 0.15) is 19.0 Å². The van der Waals surface area contributed by atoms with Gasteiger partial charge in [-0.15, -0.1) is 20.4 Å². The molecule has 0 amide bonds. The van der Waals surface area contributed by atoms with Gasteiger partial charge in [0.2, 0.25) is 5.28 Å². The first-order chi connectivity index (χ1) is 6.36. The fraction of sp³-hybridized carbons (Fsp3) is 0. The van der Waals surface area contributed by atoms with Crippen molar-refractivity contribution >= 4 is 11.6 Å². The van der Waals surface area contributed by atoms with Gasteiger partial charge < -0.3 is 0 Å². The van der Waals surface area contributed by atoms with Gasteiger partial charge >= 0.3 is 0 Å². The predicted octanol–water partition coefficient (Wildman–Crippen LogP) is 0.202. The van der Waals surface area contributed by atoms with Crippen LogP contribution in [0.2, 0.25) is 5.28 Å². The van der Waals surface area contributed by atoms with E-state index in [1.54, 1.807) is 0 Å². The van der Waals surface area contributed by atoms with Crippen molar-refractivity contribution in [3.63, 3.8) is 0 Å². The molecule has 66 valence electrons. The fourth-order valence-electron chi connectivity index (χ4n) is 0.607. The lowest BCUT2D eigenvalue weighted by Crippen LogP contribution is -1.87. The van der Waals surface area contributed by atoms with E-state index in [4.69, 9.17) is 11.6 Å². The molecule has 2 rings (SSSR count). The van der Waals surface area contributed by atoms with Crippen LogP contribution < -0.4 is 0 Å². The summed E-state index contributed by atoms with van der Waals surface area (Å²) in [6, 6.07) is 0. The lowest BCUT2D eigenvalue weighted by molar-refractivity contribution is 0.683. The molecule has 0 aliphatic heterocycles. The number of hydrogen-bond acceptors (Lipinski definition) is 6. The SMILES string of the molecule is Clc1nncn1/N=N/n1cnnc1. The van der Waals surface area contributed by atoms with Gasteiger partial charge in [-0.1, -0.05) is 0 Å². The summed E-state index contributed by atoms with van der Waals surface area (Å²) in [5.41, 5.74) is 0. The summed E-state index contributed by atoms with van der Waals surface area (Å²) < 4.78 is 2.53. The maximum absolute atomic E-state index is 5.58. The van der Waals surface area contributed by atoms with Crippen molar-refractivity contribution < 1.29 is 0 Å². The molecule has 13 heavy (non-hydrogen) atoms. The largest absolute Gasteiger partial charge is 0.247 e. The quantitative estimate of drug-likeness (QED) is 0.645. The molecule has 0 fully saturated rings. The third kappa shape index (κ3) is 1.67. The van der Waals surface area contributed by atoms with E-state index in [0.717, 1.165) is 0 Å². The van der Waals surface area contributed by atoms with Crippen molar-refractivity contribution in [2.24, 2.45) is 10.4 Å². The molecule has 0 radical (unpaired) electrons. The highest BCUT2D eigenvalue weighted by atomic mass is 35.5. The van der Waals surface area contributed by atoms with Crippen molar-refractivity contribution in [2.45, 2.75) is 0 Å². The molecule has 2 aromatic heterocycles. The van der Waals surface area contributed by atoms with Crippen LogP contribution in [0.3, 0.4) is 0 Å². The minimum Gasteiger partial charge on any atom is -0.188 e. The highest BCUT2D eigenvalue weighted by Crippen LogP contribution is 2.01. The molecule has 9 heteroatoms. The van der Waals surface area contributed by atoms with E-state index < -0.39 is 0 Å². The Kier molecular flexibility index (Phi) is 1.96. The van der Waals surface area contributed by atoms with Gasteiger partial charge in [0.05, 0.1) is 0 Å². The maximum Gasteiger partial charge on any atom is 0.247 e. The summed E-state index contributed by atoms with van der Waals surface area (Å²) in [5, 5.41) is 21.6. The van der Waals surface area contributed by atoms with Gasteiger partial charge in [-0.25, -0.2) is 0 Å². The van der Waals surface area contributed by atoms with Gasteiger partial charge in [0, 0.05) is 0 Å². The number of hydrogen-bond donors (Lipinski definition) is 0. The van der Waals surface area contributed by atoms with Crippen LogP contribution in [0.15, 0.2) is 29.4 Å².